The van der Waals surface area contributed by atoms with Crippen LogP contribution in [0.1, 0.15) is 128 Å². The summed E-state index contributed by atoms with van der Waals surface area (Å²) in [7, 11) is -15.4. The fourth-order valence-electron chi connectivity index (χ4n) is 10.1. The van der Waals surface area contributed by atoms with E-state index in [9.17, 15) is 58.0 Å². The Morgan fingerprint density at radius 2 is 0.728 bits per heavy atom. The van der Waals surface area contributed by atoms with Crippen LogP contribution in [0.4, 0.5) is 0 Å². The molecule has 0 saturated carbocycles. The Balaban J connectivity index is 0.000000262. The normalized spacial score (nSPS) is 15.4. The summed E-state index contributed by atoms with van der Waals surface area (Å²) in [5.74, 6) is 18.9. The average Bonchev–Trinajstić information content (AvgIpc) is 0.773. The highest BCUT2D eigenvalue weighted by molar-refractivity contribution is 7.94. The zero-order valence-electron chi connectivity index (χ0n) is 53.0. The molecule has 3 aliphatic rings. The van der Waals surface area contributed by atoms with Gasteiger partial charge in [-0.15, -0.1) is 47.4 Å². The van der Waals surface area contributed by atoms with Crippen LogP contribution in [0.2, 0.25) is 0 Å². The minimum atomic E-state index is -3.97. The van der Waals surface area contributed by atoms with Crippen LogP contribution in [0.5, 0.6) is 0 Å². The molecule has 1 amide bonds. The van der Waals surface area contributed by atoms with Gasteiger partial charge in [0.05, 0.1) is 32.8 Å². The van der Waals surface area contributed by atoms with Crippen LogP contribution < -0.4 is 5.48 Å². The molecule has 3 saturated heterocycles. The van der Waals surface area contributed by atoms with Crippen molar-refractivity contribution in [2.75, 3.05) is 58.6 Å². The van der Waals surface area contributed by atoms with E-state index in [0.29, 0.717) is 12.8 Å². The summed E-state index contributed by atoms with van der Waals surface area (Å²) in [6.07, 6.45) is 6.08. The third kappa shape index (κ3) is 20.3. The number of ether oxygens (including phenoxy) is 5. The summed E-state index contributed by atoms with van der Waals surface area (Å²) >= 11 is 0. The van der Waals surface area contributed by atoms with Gasteiger partial charge in [-0.3, -0.25) is 24.4 Å². The van der Waals surface area contributed by atoms with E-state index in [0.717, 1.165) is 60.8 Å². The van der Waals surface area contributed by atoms with Gasteiger partial charge in [0.2, 0.25) is 0 Å². The number of carboxylic acids is 1. The van der Waals surface area contributed by atoms with Gasteiger partial charge in [-0.25, -0.2) is 39.2 Å². The van der Waals surface area contributed by atoms with Crippen molar-refractivity contribution in [3.63, 3.8) is 0 Å². The number of aliphatic carboxylic acids is 1. The maximum atomic E-state index is 13.2. The highest BCUT2D eigenvalue weighted by atomic mass is 32.2. The summed E-state index contributed by atoms with van der Waals surface area (Å²) in [6, 6.07) is 26.1. The Labute approximate surface area is 542 Å². The van der Waals surface area contributed by atoms with Crippen LogP contribution in [0.15, 0.2) is 117 Å². The number of aryl methyl sites for hydroxylation is 4. The van der Waals surface area contributed by atoms with Crippen molar-refractivity contribution in [3.8, 4) is 47.4 Å². The summed E-state index contributed by atoms with van der Waals surface area (Å²) in [4.78, 5) is 48.0. The molecule has 92 heavy (non-hydrogen) atoms. The second kappa shape index (κ2) is 37.4. The largest absolute Gasteiger partial charge is 0.480 e. The summed E-state index contributed by atoms with van der Waals surface area (Å²) < 4.78 is 122. The maximum Gasteiger partial charge on any atom is 0.328 e. The van der Waals surface area contributed by atoms with Gasteiger partial charge < -0.3 is 28.8 Å². The van der Waals surface area contributed by atoms with Crippen LogP contribution in [0, 0.1) is 47.4 Å². The molecule has 4 aromatic rings. The van der Waals surface area contributed by atoms with Crippen molar-refractivity contribution in [1.82, 2.24) is 5.48 Å². The van der Waals surface area contributed by atoms with E-state index < -0.39 is 83.2 Å². The van der Waals surface area contributed by atoms with E-state index in [1.807, 2.05) is 0 Å². The van der Waals surface area contributed by atoms with Crippen LogP contribution in [-0.4, -0.2) is 141 Å². The monoisotopic (exact) mass is 1350 g/mol. The van der Waals surface area contributed by atoms with E-state index in [-0.39, 0.29) is 111 Å². The van der Waals surface area contributed by atoms with Crippen LogP contribution in [-0.2, 0) is 108 Å². The topological polar surface area (TPSA) is 303 Å². The quantitative estimate of drug-likeness (QED) is 0.0290. The van der Waals surface area contributed by atoms with E-state index in [1.165, 1.54) is 41.9 Å². The Bertz CT molecular complexity index is 3820. The first-order chi connectivity index (χ1) is 43.9. The third-order valence-corrected chi connectivity index (χ3v) is 24.6. The van der Waals surface area contributed by atoms with Gasteiger partial charge in [-0.2, -0.15) is 0 Å². The molecule has 0 atom stereocenters. The van der Waals surface area contributed by atoms with Crippen molar-refractivity contribution in [2.24, 2.45) is 0 Å². The first kappa shape index (κ1) is 77.1. The molecule has 498 valence electrons. The number of nitrogens with one attached hydrogen (secondary N) is 1. The zero-order valence-corrected chi connectivity index (χ0v) is 56.2. The fourth-order valence-corrected chi connectivity index (χ4v) is 16.9. The van der Waals surface area contributed by atoms with Crippen molar-refractivity contribution in [2.45, 2.75) is 165 Å². The lowest BCUT2D eigenvalue weighted by Gasteiger charge is -2.34. The second-order valence-electron chi connectivity index (χ2n) is 21.1. The van der Waals surface area contributed by atoms with Gasteiger partial charge in [0.1, 0.15) is 0 Å². The smallest absolute Gasteiger partial charge is 0.328 e. The molecule has 3 aliphatic heterocycles. The molecule has 24 heteroatoms. The molecule has 3 fully saturated rings. The summed E-state index contributed by atoms with van der Waals surface area (Å²) in [5.41, 5.74) is 5.49. The van der Waals surface area contributed by atoms with Gasteiger partial charge in [0.25, 0.3) is 5.91 Å². The predicted molar refractivity (Wildman–Crippen MR) is 346 cm³/mol. The molecule has 0 aromatic heterocycles. The molecule has 0 radical (unpaired) electrons. The predicted octanol–water partition coefficient (Wildman–Crippen LogP) is 8.03. The standard InChI is InChI=1S/C19H24O5S.C17H21NO5S.C17H20O5S.C15H18O4S/c1-3-5-6-7-16-8-10-17(11-9-16)25(21,22)19(18(20)24-4-2)12-14-23-15-13-19;1-2-3-4-5-14-6-8-15(9-7-14)24(21,22)17(16(19)18-20)10-12-23-13-11-17;1-2-3-4-5-14-6-8-15(9-7-14)23(20,21)17(16(18)19)10-12-22-13-11-17;1-3-5-6-7-13-8-10-14(11-9-13)20(17,18)12-15(16)19-4-2/h8-11H,4,6-7,12-15H2,1-2H3;6-9,20H,4-5,10-13H2,1H3,(H,18,19);6-9H,4-5,10-13H2,1H3,(H,18,19);8-11H,4,6-7,12H2,1-2H3. The lowest BCUT2D eigenvalue weighted by Crippen LogP contribution is -2.54. The Morgan fingerprint density at radius 1 is 0.446 bits per heavy atom. The minimum absolute atomic E-state index is 0.00949. The first-order valence-corrected chi connectivity index (χ1v) is 36.1. The SMILES string of the molecule is CC#CCCc1ccc(S(=O)(=O)C2(C(=O)NO)CCOCC2)cc1.CC#CCCc1ccc(S(=O)(=O)C2(C(=O)O)CCOCC2)cc1.CC#CCCc1ccc(S(=O)(=O)C2(C(=O)OCC)CCOCC2)cc1.CC#CCCc1ccc(S(=O)(=O)CC(=O)OCC)cc1. The highest BCUT2D eigenvalue weighted by Crippen LogP contribution is 2.39. The minimum Gasteiger partial charge on any atom is -0.480 e. The molecule has 20 nitrogen and oxygen atoms in total. The van der Waals surface area contributed by atoms with Crippen LogP contribution in [0.25, 0.3) is 0 Å². The van der Waals surface area contributed by atoms with Gasteiger partial charge >= 0.3 is 17.9 Å². The number of benzene rings is 4. The van der Waals surface area contributed by atoms with E-state index >= 15 is 0 Å². The molecule has 3 heterocycles. The number of esters is 2. The van der Waals surface area contributed by atoms with E-state index in [1.54, 1.807) is 102 Å². The zero-order chi connectivity index (χ0) is 67.9. The Morgan fingerprint density at radius 3 is 1.02 bits per heavy atom. The molecule has 7 rings (SSSR count). The maximum absolute atomic E-state index is 13.2. The molecular weight excluding hydrogens is 1260 g/mol. The van der Waals surface area contributed by atoms with Gasteiger partial charge in [0, 0.05) is 91.0 Å². The molecule has 0 bridgehead atoms. The Kier molecular flexibility index (Phi) is 31.3. The summed E-state index contributed by atoms with van der Waals surface area (Å²) in [6.45, 7) is 11.8. The molecule has 0 aliphatic carbocycles. The van der Waals surface area contributed by atoms with Gasteiger partial charge in [-0.1, -0.05) is 48.5 Å². The molecule has 3 N–H and O–H groups in total. The second-order valence-corrected chi connectivity index (χ2v) is 29.9. The number of carbonyl (C=O) groups excluding carboxylic acids is 3. The number of hydroxylamine groups is 1. The number of carboxylic acid groups (broad SMARTS) is 1. The van der Waals surface area contributed by atoms with Crippen molar-refractivity contribution < 1.29 is 86.8 Å². The number of hydrogen-bond acceptors (Lipinski definition) is 18. The number of amides is 1. The van der Waals surface area contributed by atoms with E-state index in [2.05, 4.69) is 52.1 Å². The van der Waals surface area contributed by atoms with Crippen molar-refractivity contribution in [3.05, 3.63) is 119 Å². The molecule has 4 aromatic carbocycles. The van der Waals surface area contributed by atoms with Crippen LogP contribution in [0.3, 0.4) is 0 Å². The fraction of sp³-hybridized carbons (Fsp3) is 0.471. The number of rotatable bonds is 22. The van der Waals surface area contributed by atoms with Gasteiger partial charge in [0.15, 0.2) is 59.3 Å². The lowest BCUT2D eigenvalue weighted by atomic mass is 9.98. The van der Waals surface area contributed by atoms with Gasteiger partial charge in [-0.05, 0) is 151 Å². The van der Waals surface area contributed by atoms with Crippen LogP contribution >= 0.6 is 0 Å². The number of carbonyl (C=O) groups is 4. The Hall–Kier alpha value is -7.36. The lowest BCUT2D eigenvalue weighted by molar-refractivity contribution is -0.149. The average molecular weight is 1350 g/mol. The summed E-state index contributed by atoms with van der Waals surface area (Å²) in [5, 5.41) is 18.5. The molecule has 0 spiro atoms. The van der Waals surface area contributed by atoms with Crippen molar-refractivity contribution >= 4 is 63.2 Å². The first-order valence-electron chi connectivity index (χ1n) is 30.0. The number of sulfone groups is 4. The van der Waals surface area contributed by atoms with E-state index in [4.69, 9.17) is 24.2 Å². The number of hydrogen-bond donors (Lipinski definition) is 3. The highest BCUT2D eigenvalue weighted by Gasteiger charge is 2.55. The molecule has 0 unspecified atom stereocenters. The molecular formula is C68H83NO19S4. The third-order valence-electron chi connectivity index (χ3n) is 15.5. The van der Waals surface area contributed by atoms with Crippen molar-refractivity contribution in [1.29, 1.82) is 0 Å².